The molecule has 0 aliphatic heterocycles. The van der Waals surface area contributed by atoms with E-state index in [0.717, 1.165) is 29.7 Å². The van der Waals surface area contributed by atoms with E-state index in [4.69, 9.17) is 16.3 Å². The summed E-state index contributed by atoms with van der Waals surface area (Å²) < 4.78 is 5.78. The van der Waals surface area contributed by atoms with Crippen LogP contribution in [0.15, 0.2) is 30.5 Å². The van der Waals surface area contributed by atoms with E-state index < -0.39 is 0 Å². The van der Waals surface area contributed by atoms with Crippen molar-refractivity contribution in [1.29, 1.82) is 0 Å². The van der Waals surface area contributed by atoms with Gasteiger partial charge >= 0.3 is 0 Å². The zero-order chi connectivity index (χ0) is 12.1. The van der Waals surface area contributed by atoms with Crippen LogP contribution in [0.25, 0.3) is 10.9 Å². The molecule has 2 nitrogen and oxygen atoms in total. The summed E-state index contributed by atoms with van der Waals surface area (Å²) in [7, 11) is 0. The Morgan fingerprint density at radius 2 is 2.12 bits per heavy atom. The van der Waals surface area contributed by atoms with Crippen LogP contribution in [0.3, 0.4) is 0 Å². The van der Waals surface area contributed by atoms with E-state index >= 15 is 0 Å². The third-order valence-electron chi connectivity index (χ3n) is 2.67. The third-order valence-corrected chi connectivity index (χ3v) is 2.91. The van der Waals surface area contributed by atoms with Crippen molar-refractivity contribution < 1.29 is 4.74 Å². The number of pyridine rings is 1. The third kappa shape index (κ3) is 3.10. The molecule has 0 unspecified atom stereocenters. The number of hydrogen-bond acceptors (Lipinski definition) is 2. The van der Waals surface area contributed by atoms with Crippen LogP contribution in [-0.4, -0.2) is 11.6 Å². The average Bonchev–Trinajstić information content (AvgIpc) is 2.34. The molecule has 0 bridgehead atoms. The fourth-order valence-corrected chi connectivity index (χ4v) is 1.92. The summed E-state index contributed by atoms with van der Waals surface area (Å²) in [4.78, 5) is 4.28. The van der Waals surface area contributed by atoms with Crippen molar-refractivity contribution in [2.24, 2.45) is 0 Å². The molecule has 0 aliphatic rings. The lowest BCUT2D eigenvalue weighted by Gasteiger charge is -2.08. The van der Waals surface area contributed by atoms with Crippen LogP contribution in [0, 0.1) is 0 Å². The Kier molecular flexibility index (Phi) is 4.21. The number of unbranched alkanes of at least 4 members (excludes halogenated alkanes) is 2. The van der Waals surface area contributed by atoms with Crippen molar-refractivity contribution in [3.8, 4) is 5.75 Å². The van der Waals surface area contributed by atoms with Crippen LogP contribution in [0.4, 0.5) is 0 Å². The minimum atomic E-state index is 0.702. The van der Waals surface area contributed by atoms with E-state index in [1.54, 1.807) is 6.20 Å². The number of benzene rings is 1. The first-order valence-electron chi connectivity index (χ1n) is 5.98. The maximum absolute atomic E-state index is 5.94. The van der Waals surface area contributed by atoms with E-state index in [-0.39, 0.29) is 0 Å². The van der Waals surface area contributed by atoms with Crippen LogP contribution in [0.2, 0.25) is 5.02 Å². The van der Waals surface area contributed by atoms with E-state index in [0.29, 0.717) is 5.02 Å². The number of hydrogen-bond donors (Lipinski definition) is 0. The number of fused-ring (bicyclic) bond motifs is 1. The Morgan fingerprint density at radius 1 is 1.24 bits per heavy atom. The first kappa shape index (κ1) is 12.2. The quantitative estimate of drug-likeness (QED) is 0.730. The highest BCUT2D eigenvalue weighted by molar-refractivity contribution is 6.31. The van der Waals surface area contributed by atoms with Gasteiger partial charge in [0.15, 0.2) is 0 Å². The molecular weight excluding hydrogens is 234 g/mol. The van der Waals surface area contributed by atoms with Gasteiger partial charge in [0.25, 0.3) is 0 Å². The number of aromatic nitrogens is 1. The first-order valence-corrected chi connectivity index (χ1v) is 6.36. The molecule has 0 radical (unpaired) electrons. The number of halogens is 1. The lowest BCUT2D eigenvalue weighted by atomic mass is 10.2. The maximum atomic E-state index is 5.94. The normalized spacial score (nSPS) is 10.7. The van der Waals surface area contributed by atoms with Crippen LogP contribution in [0.5, 0.6) is 5.75 Å². The molecule has 0 saturated carbocycles. The van der Waals surface area contributed by atoms with Crippen LogP contribution >= 0.6 is 11.6 Å². The summed E-state index contributed by atoms with van der Waals surface area (Å²) in [6, 6.07) is 7.59. The van der Waals surface area contributed by atoms with Crippen LogP contribution < -0.4 is 4.74 Å². The lowest BCUT2D eigenvalue weighted by Crippen LogP contribution is -1.98. The molecule has 0 N–H and O–H groups in total. The minimum absolute atomic E-state index is 0.702. The minimum Gasteiger partial charge on any atom is -0.493 e. The predicted octanol–water partition coefficient (Wildman–Crippen LogP) is 4.46. The Hall–Kier alpha value is -1.28. The Labute approximate surface area is 107 Å². The summed E-state index contributed by atoms with van der Waals surface area (Å²) in [6.07, 6.45) is 5.26. The second-order valence-electron chi connectivity index (χ2n) is 4.03. The van der Waals surface area contributed by atoms with Gasteiger partial charge < -0.3 is 4.74 Å². The van der Waals surface area contributed by atoms with Crippen molar-refractivity contribution >= 4 is 22.5 Å². The fraction of sp³-hybridized carbons (Fsp3) is 0.357. The van der Waals surface area contributed by atoms with Crippen LogP contribution in [0.1, 0.15) is 26.2 Å². The second kappa shape index (κ2) is 5.87. The molecule has 0 saturated heterocycles. The standard InChI is InChI=1S/C14H16ClNO/c1-2-3-4-9-17-14-7-8-16-13-10-11(15)5-6-12(13)14/h5-8,10H,2-4,9H2,1H3. The van der Waals surface area contributed by atoms with Crippen LogP contribution in [-0.2, 0) is 0 Å². The maximum Gasteiger partial charge on any atom is 0.130 e. The molecule has 0 amide bonds. The summed E-state index contributed by atoms with van der Waals surface area (Å²) in [5.41, 5.74) is 0.880. The molecule has 17 heavy (non-hydrogen) atoms. The summed E-state index contributed by atoms with van der Waals surface area (Å²) >= 11 is 5.94. The summed E-state index contributed by atoms with van der Waals surface area (Å²) in [5, 5.41) is 1.72. The highest BCUT2D eigenvalue weighted by Crippen LogP contribution is 2.26. The molecule has 2 aromatic rings. The highest BCUT2D eigenvalue weighted by atomic mass is 35.5. The predicted molar refractivity (Wildman–Crippen MR) is 71.8 cm³/mol. The topological polar surface area (TPSA) is 22.1 Å². The molecule has 0 spiro atoms. The summed E-state index contributed by atoms with van der Waals surface area (Å²) in [6.45, 7) is 2.94. The highest BCUT2D eigenvalue weighted by Gasteiger charge is 2.03. The SMILES string of the molecule is CCCCCOc1ccnc2cc(Cl)ccc12. The zero-order valence-electron chi connectivity index (χ0n) is 9.95. The van der Waals surface area contributed by atoms with Crippen molar-refractivity contribution in [2.45, 2.75) is 26.2 Å². The van der Waals surface area contributed by atoms with Gasteiger partial charge in [-0.1, -0.05) is 31.4 Å². The van der Waals surface area contributed by atoms with Gasteiger partial charge in [0.1, 0.15) is 5.75 Å². The van der Waals surface area contributed by atoms with Crippen molar-refractivity contribution in [3.05, 3.63) is 35.5 Å². The van der Waals surface area contributed by atoms with Gasteiger partial charge in [-0.05, 0) is 30.7 Å². The van der Waals surface area contributed by atoms with Gasteiger partial charge in [0.05, 0.1) is 12.1 Å². The molecule has 1 aromatic heterocycles. The molecule has 0 atom stereocenters. The van der Waals surface area contributed by atoms with Gasteiger partial charge in [-0.2, -0.15) is 0 Å². The Morgan fingerprint density at radius 3 is 2.94 bits per heavy atom. The van der Waals surface area contributed by atoms with Gasteiger partial charge in [0.2, 0.25) is 0 Å². The second-order valence-corrected chi connectivity index (χ2v) is 4.46. The van der Waals surface area contributed by atoms with E-state index in [2.05, 4.69) is 11.9 Å². The molecule has 1 aromatic carbocycles. The van der Waals surface area contributed by atoms with E-state index in [1.165, 1.54) is 12.8 Å². The van der Waals surface area contributed by atoms with E-state index in [9.17, 15) is 0 Å². The summed E-state index contributed by atoms with van der Waals surface area (Å²) in [5.74, 6) is 0.891. The molecule has 0 aliphatic carbocycles. The Balaban J connectivity index is 2.16. The van der Waals surface area contributed by atoms with Gasteiger partial charge in [0, 0.05) is 16.6 Å². The largest absolute Gasteiger partial charge is 0.493 e. The molecule has 90 valence electrons. The van der Waals surface area contributed by atoms with Gasteiger partial charge in [-0.15, -0.1) is 0 Å². The first-order chi connectivity index (χ1) is 8.31. The zero-order valence-corrected chi connectivity index (χ0v) is 10.7. The number of ether oxygens (including phenoxy) is 1. The molecule has 2 rings (SSSR count). The number of rotatable bonds is 5. The van der Waals surface area contributed by atoms with E-state index in [1.807, 2.05) is 24.3 Å². The smallest absolute Gasteiger partial charge is 0.130 e. The molecule has 3 heteroatoms. The number of nitrogens with zero attached hydrogens (tertiary/aromatic N) is 1. The monoisotopic (exact) mass is 249 g/mol. The average molecular weight is 250 g/mol. The Bertz CT molecular complexity index is 499. The molecular formula is C14H16ClNO. The lowest BCUT2D eigenvalue weighted by molar-refractivity contribution is 0.309. The fourth-order valence-electron chi connectivity index (χ4n) is 1.76. The molecule has 1 heterocycles. The molecule has 0 fully saturated rings. The van der Waals surface area contributed by atoms with Crippen molar-refractivity contribution in [1.82, 2.24) is 4.98 Å². The van der Waals surface area contributed by atoms with Gasteiger partial charge in [-0.25, -0.2) is 0 Å². The van der Waals surface area contributed by atoms with Crippen molar-refractivity contribution in [3.63, 3.8) is 0 Å². The van der Waals surface area contributed by atoms with Gasteiger partial charge in [-0.3, -0.25) is 4.98 Å². The van der Waals surface area contributed by atoms with Crippen molar-refractivity contribution in [2.75, 3.05) is 6.61 Å².